The monoisotopic (exact) mass is 333 g/mol. The molecule has 132 valence electrons. The van der Waals surface area contributed by atoms with E-state index >= 15 is 0 Å². The summed E-state index contributed by atoms with van der Waals surface area (Å²) in [6.45, 7) is 7.54. The molecule has 1 aliphatic rings. The maximum absolute atomic E-state index is 12.5. The molecule has 6 nitrogen and oxygen atoms in total. The van der Waals surface area contributed by atoms with E-state index in [1.54, 1.807) is 11.9 Å². The highest BCUT2D eigenvalue weighted by Gasteiger charge is 2.34. The van der Waals surface area contributed by atoms with E-state index in [1.165, 1.54) is 10.5 Å². The number of hydrogen-bond donors (Lipinski definition) is 1. The molecule has 1 aliphatic heterocycles. The van der Waals surface area contributed by atoms with Crippen LogP contribution in [0.5, 0.6) is 5.75 Å². The molecule has 1 atom stereocenters. The second-order valence-electron chi connectivity index (χ2n) is 6.45. The number of carbonyl (C=O) groups excluding carboxylic acids is 2. The average Bonchev–Trinajstić information content (AvgIpc) is 3.03. The summed E-state index contributed by atoms with van der Waals surface area (Å²) in [5.74, 6) is 0.808. The number of nitrogens with two attached hydrogens (primary N) is 1. The molecule has 6 heteroatoms. The van der Waals surface area contributed by atoms with Gasteiger partial charge in [0, 0.05) is 13.6 Å². The maximum atomic E-state index is 12.5. The number of nitrogens with zero attached hydrogens (tertiary/aromatic N) is 2. The first-order chi connectivity index (χ1) is 11.3. The van der Waals surface area contributed by atoms with Gasteiger partial charge < -0.3 is 20.3 Å². The van der Waals surface area contributed by atoms with E-state index in [9.17, 15) is 9.59 Å². The van der Waals surface area contributed by atoms with Gasteiger partial charge in [-0.25, -0.2) is 4.79 Å². The van der Waals surface area contributed by atoms with Gasteiger partial charge in [0.25, 0.3) is 0 Å². The molecule has 0 aromatic heterocycles. The van der Waals surface area contributed by atoms with Crippen LogP contribution in [-0.4, -0.2) is 54.5 Å². The Labute approximate surface area is 143 Å². The van der Waals surface area contributed by atoms with Gasteiger partial charge >= 0.3 is 6.03 Å². The molecule has 0 bridgehead atoms. The highest BCUT2D eigenvalue weighted by Crippen LogP contribution is 2.25. The van der Waals surface area contributed by atoms with Crippen molar-refractivity contribution in [3.05, 3.63) is 28.8 Å². The van der Waals surface area contributed by atoms with E-state index < -0.39 is 12.1 Å². The van der Waals surface area contributed by atoms with Crippen molar-refractivity contribution >= 4 is 11.9 Å². The van der Waals surface area contributed by atoms with E-state index in [1.807, 2.05) is 19.9 Å². The molecule has 1 fully saturated rings. The lowest BCUT2D eigenvalue weighted by Crippen LogP contribution is -2.49. The van der Waals surface area contributed by atoms with Crippen LogP contribution < -0.4 is 10.5 Å². The quantitative estimate of drug-likeness (QED) is 0.895. The molecule has 1 aromatic rings. The van der Waals surface area contributed by atoms with Crippen LogP contribution in [0, 0.1) is 20.8 Å². The molecule has 1 aromatic carbocycles. The third kappa shape index (κ3) is 3.80. The molecule has 0 saturated carbocycles. The van der Waals surface area contributed by atoms with E-state index in [-0.39, 0.29) is 5.91 Å². The van der Waals surface area contributed by atoms with Gasteiger partial charge in [0.15, 0.2) is 0 Å². The normalized spacial score (nSPS) is 17.0. The van der Waals surface area contributed by atoms with Crippen LogP contribution in [0.15, 0.2) is 12.1 Å². The summed E-state index contributed by atoms with van der Waals surface area (Å²) < 4.78 is 5.91. The van der Waals surface area contributed by atoms with Crippen molar-refractivity contribution in [3.63, 3.8) is 0 Å². The summed E-state index contributed by atoms with van der Waals surface area (Å²) >= 11 is 0. The lowest BCUT2D eigenvalue weighted by atomic mass is 10.1. The van der Waals surface area contributed by atoms with Gasteiger partial charge in [-0.05, 0) is 50.3 Å². The molecular formula is C18H27N3O3. The van der Waals surface area contributed by atoms with Crippen molar-refractivity contribution in [1.29, 1.82) is 0 Å². The number of benzene rings is 1. The molecule has 0 aliphatic carbocycles. The second kappa shape index (κ2) is 7.55. The Kier molecular flexibility index (Phi) is 5.70. The minimum absolute atomic E-state index is 0.0763. The first-order valence-electron chi connectivity index (χ1n) is 8.33. The predicted molar refractivity (Wildman–Crippen MR) is 93.1 cm³/mol. The number of likely N-dealkylation sites (N-methyl/N-ethyl adjacent to an activating group) is 1. The molecule has 1 heterocycles. The molecule has 1 unspecified atom stereocenters. The summed E-state index contributed by atoms with van der Waals surface area (Å²) in [4.78, 5) is 27.0. The fourth-order valence-electron chi connectivity index (χ4n) is 3.08. The molecule has 24 heavy (non-hydrogen) atoms. The van der Waals surface area contributed by atoms with Crippen LogP contribution in [-0.2, 0) is 4.79 Å². The minimum Gasteiger partial charge on any atom is -0.491 e. The number of carbonyl (C=O) groups is 2. The smallest absolute Gasteiger partial charge is 0.315 e. The van der Waals surface area contributed by atoms with Crippen molar-refractivity contribution in [2.24, 2.45) is 5.73 Å². The van der Waals surface area contributed by atoms with E-state index in [2.05, 4.69) is 13.0 Å². The number of hydrogen-bond acceptors (Lipinski definition) is 3. The fourth-order valence-corrected chi connectivity index (χ4v) is 3.08. The predicted octanol–water partition coefficient (Wildman–Crippen LogP) is 1.99. The Morgan fingerprint density at radius 2 is 1.96 bits per heavy atom. The van der Waals surface area contributed by atoms with Crippen molar-refractivity contribution < 1.29 is 14.3 Å². The highest BCUT2D eigenvalue weighted by molar-refractivity contribution is 5.87. The van der Waals surface area contributed by atoms with Crippen molar-refractivity contribution in [2.75, 3.05) is 26.7 Å². The zero-order valence-electron chi connectivity index (χ0n) is 15.0. The zero-order chi connectivity index (χ0) is 17.9. The van der Waals surface area contributed by atoms with Crippen LogP contribution in [0.1, 0.15) is 29.5 Å². The highest BCUT2D eigenvalue weighted by atomic mass is 16.5. The Bertz CT molecular complexity index is 630. The number of rotatable bonds is 5. The molecule has 2 N–H and O–H groups in total. The number of amides is 3. The molecular weight excluding hydrogens is 306 g/mol. The summed E-state index contributed by atoms with van der Waals surface area (Å²) in [6, 6.07) is 3.15. The third-order valence-electron chi connectivity index (χ3n) is 4.74. The minimum atomic E-state index is -0.526. The van der Waals surface area contributed by atoms with Gasteiger partial charge in [-0.15, -0.1) is 0 Å². The summed E-state index contributed by atoms with van der Waals surface area (Å²) in [5.41, 5.74) is 8.74. The van der Waals surface area contributed by atoms with Crippen LogP contribution in [0.4, 0.5) is 4.79 Å². The van der Waals surface area contributed by atoms with Crippen molar-refractivity contribution in [1.82, 2.24) is 9.80 Å². The van der Waals surface area contributed by atoms with Gasteiger partial charge in [0.05, 0.1) is 6.54 Å². The Balaban J connectivity index is 1.92. The van der Waals surface area contributed by atoms with Crippen LogP contribution >= 0.6 is 0 Å². The lowest BCUT2D eigenvalue weighted by Gasteiger charge is -2.27. The molecule has 0 spiro atoms. The molecule has 3 amide bonds. The van der Waals surface area contributed by atoms with Gasteiger partial charge in [0.2, 0.25) is 5.91 Å². The van der Waals surface area contributed by atoms with E-state index in [0.717, 1.165) is 23.3 Å². The van der Waals surface area contributed by atoms with Crippen LogP contribution in [0.2, 0.25) is 0 Å². The lowest BCUT2D eigenvalue weighted by molar-refractivity contribution is -0.134. The van der Waals surface area contributed by atoms with Crippen molar-refractivity contribution in [3.8, 4) is 5.75 Å². The fraction of sp³-hybridized carbons (Fsp3) is 0.556. The SMILES string of the molecule is Cc1ccc(C)c(OCCN(C)C(=O)C2CCCN2C(N)=O)c1C. The van der Waals surface area contributed by atoms with Crippen LogP contribution in [0.3, 0.4) is 0 Å². The average molecular weight is 333 g/mol. The van der Waals surface area contributed by atoms with E-state index in [4.69, 9.17) is 10.5 Å². The van der Waals surface area contributed by atoms with Gasteiger partial charge in [-0.1, -0.05) is 12.1 Å². The Morgan fingerprint density at radius 1 is 1.29 bits per heavy atom. The van der Waals surface area contributed by atoms with Gasteiger partial charge in [-0.3, -0.25) is 4.79 Å². The first-order valence-corrected chi connectivity index (χ1v) is 8.33. The molecule has 0 radical (unpaired) electrons. The largest absolute Gasteiger partial charge is 0.491 e. The number of likely N-dealkylation sites (tertiary alicyclic amines) is 1. The zero-order valence-corrected chi connectivity index (χ0v) is 15.0. The molecule has 1 saturated heterocycles. The molecule has 2 rings (SSSR count). The van der Waals surface area contributed by atoms with Gasteiger partial charge in [-0.2, -0.15) is 0 Å². The number of urea groups is 1. The Hall–Kier alpha value is -2.24. The topological polar surface area (TPSA) is 75.9 Å². The number of aryl methyl sites for hydroxylation is 2. The van der Waals surface area contributed by atoms with Crippen LogP contribution in [0.25, 0.3) is 0 Å². The van der Waals surface area contributed by atoms with E-state index in [0.29, 0.717) is 26.1 Å². The Morgan fingerprint density at radius 3 is 2.62 bits per heavy atom. The number of ether oxygens (including phenoxy) is 1. The first kappa shape index (κ1) is 18.1. The third-order valence-corrected chi connectivity index (χ3v) is 4.74. The maximum Gasteiger partial charge on any atom is 0.315 e. The van der Waals surface area contributed by atoms with Gasteiger partial charge in [0.1, 0.15) is 18.4 Å². The number of primary amides is 1. The second-order valence-corrected chi connectivity index (χ2v) is 6.45. The standard InChI is InChI=1S/C18H27N3O3/c1-12-7-8-13(2)16(14(12)3)24-11-10-20(4)17(22)15-6-5-9-21(15)18(19)23/h7-8,15H,5-6,9-11H2,1-4H3,(H2,19,23). The summed E-state index contributed by atoms with van der Waals surface area (Å²) in [7, 11) is 1.74. The summed E-state index contributed by atoms with van der Waals surface area (Å²) in [6.07, 6.45) is 1.48. The summed E-state index contributed by atoms with van der Waals surface area (Å²) in [5, 5.41) is 0. The van der Waals surface area contributed by atoms with Crippen molar-refractivity contribution in [2.45, 2.75) is 39.7 Å².